The van der Waals surface area contributed by atoms with Crippen molar-refractivity contribution in [3.8, 4) is 0 Å². The molecule has 0 radical (unpaired) electrons. The summed E-state index contributed by atoms with van der Waals surface area (Å²) in [6, 6.07) is 4.04. The van der Waals surface area contributed by atoms with Gasteiger partial charge in [0.2, 0.25) is 0 Å². The molecule has 2 N–H and O–H groups in total. The Morgan fingerprint density at radius 2 is 2.08 bits per heavy atom. The number of benzene rings is 1. The van der Waals surface area contributed by atoms with E-state index in [2.05, 4.69) is 28.0 Å². The van der Waals surface area contributed by atoms with E-state index in [-0.39, 0.29) is 0 Å². The Bertz CT molecular complexity index is 636. The summed E-state index contributed by atoms with van der Waals surface area (Å²) in [5.41, 5.74) is 9.18. The van der Waals surface area contributed by atoms with Crippen molar-refractivity contribution in [2.75, 3.05) is 57.1 Å². The van der Waals surface area contributed by atoms with Gasteiger partial charge in [0, 0.05) is 57.7 Å². The summed E-state index contributed by atoms with van der Waals surface area (Å²) in [5.74, 6) is 2.60. The maximum atomic E-state index is 6.17. The summed E-state index contributed by atoms with van der Waals surface area (Å²) in [5, 5.41) is 0.648. The van der Waals surface area contributed by atoms with Crippen LogP contribution in [0.2, 0.25) is 5.02 Å². The summed E-state index contributed by atoms with van der Waals surface area (Å²) in [4.78, 5) is 5.08. The number of piperidine rings is 1. The molecule has 24 heavy (non-hydrogen) atoms. The Kier molecular flexibility index (Phi) is 4.46. The molecule has 1 saturated carbocycles. The fourth-order valence-corrected chi connectivity index (χ4v) is 4.66. The molecule has 2 heterocycles. The zero-order valence-corrected chi connectivity index (χ0v) is 15.0. The molecule has 1 saturated heterocycles. The Hall–Kier alpha value is -1.23. The van der Waals surface area contributed by atoms with Crippen molar-refractivity contribution >= 4 is 29.1 Å². The lowest BCUT2D eigenvalue weighted by molar-refractivity contribution is 0.174. The molecule has 2 fully saturated rings. The zero-order valence-electron chi connectivity index (χ0n) is 14.2. The van der Waals surface area contributed by atoms with Crippen LogP contribution < -0.4 is 10.6 Å². The first-order valence-electron chi connectivity index (χ1n) is 8.90. The first kappa shape index (κ1) is 16.2. The van der Waals surface area contributed by atoms with Crippen LogP contribution in [0.4, 0.5) is 11.4 Å². The number of likely N-dealkylation sites (tertiary alicyclic amines) is 1. The van der Waals surface area contributed by atoms with Crippen molar-refractivity contribution in [3.05, 3.63) is 28.8 Å². The van der Waals surface area contributed by atoms with Crippen LogP contribution in [0.15, 0.2) is 18.2 Å². The van der Waals surface area contributed by atoms with Gasteiger partial charge in [-0.1, -0.05) is 23.8 Å². The number of fused-ring (bicyclic) bond motifs is 2. The first-order chi connectivity index (χ1) is 11.7. The van der Waals surface area contributed by atoms with E-state index in [1.165, 1.54) is 25.3 Å². The Labute approximate surface area is 149 Å². The second kappa shape index (κ2) is 6.58. The molecule has 2 aliphatic heterocycles. The molecule has 2 unspecified atom stereocenters. The van der Waals surface area contributed by atoms with Gasteiger partial charge in [-0.25, -0.2) is 0 Å². The lowest BCUT2D eigenvalue weighted by atomic mass is 10.0. The summed E-state index contributed by atoms with van der Waals surface area (Å²) >= 11 is 6.17. The van der Waals surface area contributed by atoms with Crippen molar-refractivity contribution < 1.29 is 4.74 Å². The largest absolute Gasteiger partial charge is 0.397 e. The summed E-state index contributed by atoms with van der Waals surface area (Å²) in [7, 11) is 1.78. The molecule has 1 aromatic rings. The van der Waals surface area contributed by atoms with Crippen LogP contribution in [-0.2, 0) is 4.74 Å². The highest BCUT2D eigenvalue weighted by Crippen LogP contribution is 2.52. The molecule has 0 bridgehead atoms. The van der Waals surface area contributed by atoms with E-state index < -0.39 is 0 Å². The van der Waals surface area contributed by atoms with E-state index in [1.807, 2.05) is 6.07 Å². The van der Waals surface area contributed by atoms with E-state index in [9.17, 15) is 0 Å². The van der Waals surface area contributed by atoms with E-state index in [0.29, 0.717) is 10.7 Å². The monoisotopic (exact) mass is 347 g/mol. The fourth-order valence-electron chi connectivity index (χ4n) is 4.50. The molecule has 0 aromatic heterocycles. The van der Waals surface area contributed by atoms with E-state index >= 15 is 0 Å². The number of halogens is 1. The fraction of sp³-hybridized carbons (Fsp3) is 0.579. The van der Waals surface area contributed by atoms with Gasteiger partial charge in [-0.2, -0.15) is 0 Å². The van der Waals surface area contributed by atoms with Crippen LogP contribution in [0.25, 0.3) is 6.08 Å². The maximum Gasteiger partial charge on any atom is 0.0643 e. The molecule has 5 heteroatoms. The van der Waals surface area contributed by atoms with Gasteiger partial charge in [0.15, 0.2) is 0 Å². The van der Waals surface area contributed by atoms with E-state index in [0.717, 1.165) is 49.4 Å². The Balaban J connectivity index is 1.35. The van der Waals surface area contributed by atoms with E-state index in [1.54, 1.807) is 7.11 Å². The summed E-state index contributed by atoms with van der Waals surface area (Å²) < 4.78 is 5.15. The average Bonchev–Trinajstić information content (AvgIpc) is 3.03. The number of ether oxygens (including phenoxy) is 1. The molecular weight excluding hydrogens is 322 g/mol. The van der Waals surface area contributed by atoms with Gasteiger partial charge in [-0.05, 0) is 36.3 Å². The second-order valence-corrected chi connectivity index (χ2v) is 7.71. The van der Waals surface area contributed by atoms with Crippen molar-refractivity contribution in [1.29, 1.82) is 0 Å². The number of anilines is 2. The molecular formula is C19H26ClN3O. The molecule has 4 rings (SSSR count). The van der Waals surface area contributed by atoms with Crippen LogP contribution in [0.1, 0.15) is 12.0 Å². The standard InChI is InChI=1S/C19H26ClN3O/c1-24-9-3-7-22-10-14-15(11-22)16(14)12-23-8-2-4-13-18(23)6-5-17(20)19(13)21/h2,4-6,14-16H,3,7-12,21H2,1H3. The highest BCUT2D eigenvalue weighted by molar-refractivity contribution is 6.33. The topological polar surface area (TPSA) is 41.7 Å². The quantitative estimate of drug-likeness (QED) is 0.634. The molecule has 2 atom stereocenters. The lowest BCUT2D eigenvalue weighted by Gasteiger charge is -2.30. The minimum absolute atomic E-state index is 0.648. The third kappa shape index (κ3) is 2.92. The van der Waals surface area contributed by atoms with Crippen LogP contribution in [-0.4, -0.2) is 51.3 Å². The molecule has 1 aromatic carbocycles. The minimum atomic E-state index is 0.648. The van der Waals surface area contributed by atoms with Crippen molar-refractivity contribution in [2.24, 2.45) is 17.8 Å². The lowest BCUT2D eigenvalue weighted by Crippen LogP contribution is -2.33. The molecule has 0 spiro atoms. The van der Waals surface area contributed by atoms with Gasteiger partial charge in [-0.3, -0.25) is 0 Å². The number of nitrogens with two attached hydrogens (primary N) is 1. The number of hydrogen-bond donors (Lipinski definition) is 1. The number of hydrogen-bond acceptors (Lipinski definition) is 4. The maximum absolute atomic E-state index is 6.17. The highest BCUT2D eigenvalue weighted by Gasteiger charge is 2.55. The molecule has 3 aliphatic rings. The Morgan fingerprint density at radius 3 is 2.83 bits per heavy atom. The van der Waals surface area contributed by atoms with Gasteiger partial charge >= 0.3 is 0 Å². The molecule has 4 nitrogen and oxygen atoms in total. The van der Waals surface area contributed by atoms with Crippen LogP contribution >= 0.6 is 11.6 Å². The van der Waals surface area contributed by atoms with Gasteiger partial charge < -0.3 is 20.3 Å². The SMILES string of the molecule is COCCCN1CC2C(C1)C2CN1CC=Cc2c1ccc(Cl)c2N. The zero-order chi connectivity index (χ0) is 16.7. The summed E-state index contributed by atoms with van der Waals surface area (Å²) in [6.07, 6.45) is 5.45. The Morgan fingerprint density at radius 1 is 1.29 bits per heavy atom. The van der Waals surface area contributed by atoms with Crippen LogP contribution in [0.3, 0.4) is 0 Å². The van der Waals surface area contributed by atoms with Crippen molar-refractivity contribution in [1.82, 2.24) is 4.90 Å². The number of nitrogens with zero attached hydrogens (tertiary/aromatic N) is 2. The number of methoxy groups -OCH3 is 1. The van der Waals surface area contributed by atoms with Crippen LogP contribution in [0, 0.1) is 17.8 Å². The van der Waals surface area contributed by atoms with Gasteiger partial charge in [0.05, 0.1) is 10.7 Å². The highest BCUT2D eigenvalue weighted by atomic mass is 35.5. The minimum Gasteiger partial charge on any atom is -0.397 e. The molecule has 0 amide bonds. The van der Waals surface area contributed by atoms with Gasteiger partial charge in [-0.15, -0.1) is 0 Å². The molecule has 130 valence electrons. The molecule has 1 aliphatic carbocycles. The summed E-state index contributed by atoms with van der Waals surface area (Å²) in [6.45, 7) is 6.69. The van der Waals surface area contributed by atoms with Gasteiger partial charge in [0.1, 0.15) is 0 Å². The smallest absolute Gasteiger partial charge is 0.0643 e. The third-order valence-corrected chi connectivity index (χ3v) is 6.19. The van der Waals surface area contributed by atoms with E-state index in [4.69, 9.17) is 22.1 Å². The van der Waals surface area contributed by atoms with Gasteiger partial charge in [0.25, 0.3) is 0 Å². The second-order valence-electron chi connectivity index (χ2n) is 7.30. The predicted molar refractivity (Wildman–Crippen MR) is 101 cm³/mol. The first-order valence-corrected chi connectivity index (χ1v) is 9.27. The number of rotatable bonds is 6. The third-order valence-electron chi connectivity index (χ3n) is 5.86. The van der Waals surface area contributed by atoms with Crippen molar-refractivity contribution in [2.45, 2.75) is 6.42 Å². The predicted octanol–water partition coefficient (Wildman–Crippen LogP) is 2.97. The van der Waals surface area contributed by atoms with Crippen molar-refractivity contribution in [3.63, 3.8) is 0 Å². The van der Waals surface area contributed by atoms with Crippen LogP contribution in [0.5, 0.6) is 0 Å². The number of nitrogen functional groups attached to an aromatic ring is 1. The average molecular weight is 348 g/mol. The normalized spacial score (nSPS) is 28.1.